The van der Waals surface area contributed by atoms with Crippen molar-refractivity contribution in [3.8, 4) is 11.1 Å². The zero-order valence-electron chi connectivity index (χ0n) is 15.7. The molecule has 0 saturated heterocycles. The average molecular weight is 413 g/mol. The molecule has 1 aliphatic heterocycles. The van der Waals surface area contributed by atoms with E-state index < -0.39 is 12.3 Å². The van der Waals surface area contributed by atoms with Crippen LogP contribution >= 0.6 is 0 Å². The van der Waals surface area contributed by atoms with Crippen molar-refractivity contribution in [2.24, 2.45) is 5.18 Å². The van der Waals surface area contributed by atoms with Gasteiger partial charge in [-0.3, -0.25) is 0 Å². The quantitative estimate of drug-likeness (QED) is 0.440. The Kier molecular flexibility index (Phi) is 4.95. The van der Waals surface area contributed by atoms with E-state index in [-0.39, 0.29) is 16.9 Å². The molecule has 30 heavy (non-hydrogen) atoms. The molecule has 3 aromatic carbocycles. The van der Waals surface area contributed by atoms with E-state index in [1.807, 2.05) is 29.2 Å². The second kappa shape index (κ2) is 7.46. The fourth-order valence-electron chi connectivity index (χ4n) is 3.71. The number of aliphatic hydroxyl groups excluding tert-OH is 1. The summed E-state index contributed by atoms with van der Waals surface area (Å²) in [4.78, 5) is 13.4. The molecular formula is C22H18F3N3O2. The SMILES string of the molecule is Nc1c(N=O)cc(-c2cccc(C(O)C(F)(F)F)c2)cc1N1Cc2ccccc2C1. The molecule has 1 unspecified atom stereocenters. The van der Waals surface area contributed by atoms with Crippen LogP contribution in [-0.2, 0) is 13.1 Å². The summed E-state index contributed by atoms with van der Waals surface area (Å²) in [7, 11) is 0. The number of nitrogens with two attached hydrogens (primary N) is 1. The van der Waals surface area contributed by atoms with Crippen molar-refractivity contribution in [1.82, 2.24) is 0 Å². The minimum atomic E-state index is -4.78. The van der Waals surface area contributed by atoms with Crippen LogP contribution in [0.2, 0.25) is 0 Å². The Morgan fingerprint density at radius 2 is 1.63 bits per heavy atom. The van der Waals surface area contributed by atoms with Gasteiger partial charge >= 0.3 is 6.18 Å². The van der Waals surface area contributed by atoms with Crippen LogP contribution in [0.15, 0.2) is 65.8 Å². The van der Waals surface area contributed by atoms with Gasteiger partial charge in [-0.15, -0.1) is 4.91 Å². The molecule has 3 N–H and O–H groups in total. The number of nitroso groups, excluding NO2 is 1. The number of halogens is 3. The van der Waals surface area contributed by atoms with E-state index in [0.717, 1.165) is 11.1 Å². The summed E-state index contributed by atoms with van der Waals surface area (Å²) in [6, 6.07) is 16.6. The van der Waals surface area contributed by atoms with Gasteiger partial charge < -0.3 is 15.7 Å². The molecule has 0 radical (unpaired) electrons. The maximum atomic E-state index is 12.9. The van der Waals surface area contributed by atoms with Gasteiger partial charge in [0, 0.05) is 13.1 Å². The van der Waals surface area contributed by atoms with Crippen molar-refractivity contribution >= 4 is 17.1 Å². The van der Waals surface area contributed by atoms with Gasteiger partial charge in [-0.2, -0.15) is 13.2 Å². The van der Waals surface area contributed by atoms with Crippen LogP contribution in [-0.4, -0.2) is 11.3 Å². The smallest absolute Gasteiger partial charge is 0.395 e. The Labute approximate surface area is 170 Å². The predicted octanol–water partition coefficient (Wildman–Crippen LogP) is 5.45. The predicted molar refractivity (Wildman–Crippen MR) is 109 cm³/mol. The van der Waals surface area contributed by atoms with Gasteiger partial charge in [-0.25, -0.2) is 0 Å². The molecule has 0 bridgehead atoms. The molecule has 8 heteroatoms. The van der Waals surface area contributed by atoms with Crippen LogP contribution in [0.5, 0.6) is 0 Å². The standard InChI is InChI=1S/C22H18F3N3O2/c23-22(24,25)21(29)14-7-3-6-13(8-14)17-9-18(27-30)20(26)19(10-17)28-11-15-4-1-2-5-16(15)12-28/h1-10,21,29H,11-12,26H2. The maximum Gasteiger partial charge on any atom is 0.418 e. The molecule has 154 valence electrons. The van der Waals surface area contributed by atoms with Crippen LogP contribution < -0.4 is 10.6 Å². The summed E-state index contributed by atoms with van der Waals surface area (Å²) < 4.78 is 38.7. The summed E-state index contributed by atoms with van der Waals surface area (Å²) in [5.74, 6) is 0. The highest BCUT2D eigenvalue weighted by molar-refractivity contribution is 5.86. The second-order valence-corrected chi connectivity index (χ2v) is 7.21. The Balaban J connectivity index is 1.76. The lowest BCUT2D eigenvalue weighted by molar-refractivity contribution is -0.206. The first-order valence-corrected chi connectivity index (χ1v) is 9.21. The first kappa shape index (κ1) is 19.9. The van der Waals surface area contributed by atoms with Crippen LogP contribution in [0, 0.1) is 4.91 Å². The highest BCUT2D eigenvalue weighted by Crippen LogP contribution is 2.41. The molecule has 0 aromatic heterocycles. The molecule has 0 saturated carbocycles. The minimum Gasteiger partial charge on any atom is -0.395 e. The molecule has 4 rings (SSSR count). The fraction of sp³-hybridized carbons (Fsp3) is 0.182. The molecule has 5 nitrogen and oxygen atoms in total. The molecule has 3 aromatic rings. The van der Waals surface area contributed by atoms with Crippen LogP contribution in [0.3, 0.4) is 0 Å². The normalized spacial score (nSPS) is 14.5. The summed E-state index contributed by atoms with van der Waals surface area (Å²) in [6.45, 7) is 1.18. The van der Waals surface area contributed by atoms with E-state index in [4.69, 9.17) is 5.73 Å². The van der Waals surface area contributed by atoms with Crippen LogP contribution in [0.25, 0.3) is 11.1 Å². The van der Waals surface area contributed by atoms with E-state index in [0.29, 0.717) is 29.9 Å². The molecular weight excluding hydrogens is 395 g/mol. The van der Waals surface area contributed by atoms with E-state index >= 15 is 0 Å². The number of anilines is 2. The van der Waals surface area contributed by atoms with Gasteiger partial charge in [0.05, 0.1) is 11.4 Å². The van der Waals surface area contributed by atoms with Gasteiger partial charge in [0.1, 0.15) is 5.69 Å². The minimum absolute atomic E-state index is 0.0141. The van der Waals surface area contributed by atoms with Gasteiger partial charge in [0.25, 0.3) is 0 Å². The summed E-state index contributed by atoms with van der Waals surface area (Å²) >= 11 is 0. The van der Waals surface area contributed by atoms with E-state index in [1.54, 1.807) is 12.1 Å². The number of nitrogen functional groups attached to an aromatic ring is 1. The second-order valence-electron chi connectivity index (χ2n) is 7.21. The van der Waals surface area contributed by atoms with Crippen molar-refractivity contribution in [2.45, 2.75) is 25.4 Å². The Bertz CT molecular complexity index is 1090. The number of alkyl halides is 3. The third kappa shape index (κ3) is 3.61. The number of hydrogen-bond acceptors (Lipinski definition) is 5. The van der Waals surface area contributed by atoms with Gasteiger partial charge in [0.15, 0.2) is 6.10 Å². The monoisotopic (exact) mass is 413 g/mol. The van der Waals surface area contributed by atoms with Crippen LogP contribution in [0.4, 0.5) is 30.2 Å². The number of benzene rings is 3. The average Bonchev–Trinajstić information content (AvgIpc) is 3.16. The van der Waals surface area contributed by atoms with E-state index in [2.05, 4.69) is 5.18 Å². The van der Waals surface area contributed by atoms with Gasteiger partial charge in [0.2, 0.25) is 0 Å². The molecule has 0 amide bonds. The zero-order chi connectivity index (χ0) is 21.5. The lowest BCUT2D eigenvalue weighted by Gasteiger charge is -2.22. The zero-order valence-corrected chi connectivity index (χ0v) is 15.7. The molecule has 1 atom stereocenters. The van der Waals surface area contributed by atoms with Crippen molar-refractivity contribution in [1.29, 1.82) is 0 Å². The fourth-order valence-corrected chi connectivity index (χ4v) is 3.71. The molecule has 1 heterocycles. The number of nitrogens with zero attached hydrogens (tertiary/aromatic N) is 2. The van der Waals surface area contributed by atoms with Crippen LogP contribution in [0.1, 0.15) is 22.8 Å². The topological polar surface area (TPSA) is 78.9 Å². The molecule has 0 fully saturated rings. The maximum absolute atomic E-state index is 12.9. The van der Waals surface area contributed by atoms with E-state index in [9.17, 15) is 23.2 Å². The number of rotatable bonds is 4. The van der Waals surface area contributed by atoms with Crippen molar-refractivity contribution < 1.29 is 18.3 Å². The van der Waals surface area contributed by atoms with Crippen molar-refractivity contribution in [3.63, 3.8) is 0 Å². The summed E-state index contributed by atoms with van der Waals surface area (Å²) in [5.41, 5.74) is 9.87. The Hall–Kier alpha value is -3.39. The number of aliphatic hydroxyl groups is 1. The molecule has 0 spiro atoms. The first-order valence-electron chi connectivity index (χ1n) is 9.21. The van der Waals surface area contributed by atoms with Crippen molar-refractivity contribution in [3.05, 3.63) is 82.3 Å². The highest BCUT2D eigenvalue weighted by Gasteiger charge is 2.39. The summed E-state index contributed by atoms with van der Waals surface area (Å²) in [5, 5.41) is 12.6. The molecule has 0 aliphatic carbocycles. The van der Waals surface area contributed by atoms with Crippen molar-refractivity contribution in [2.75, 3.05) is 10.6 Å². The number of fused-ring (bicyclic) bond motifs is 1. The van der Waals surface area contributed by atoms with Gasteiger partial charge in [-0.05, 0) is 51.2 Å². The third-order valence-corrected chi connectivity index (χ3v) is 5.26. The number of hydrogen-bond donors (Lipinski definition) is 2. The first-order chi connectivity index (χ1) is 14.3. The third-order valence-electron chi connectivity index (χ3n) is 5.26. The summed E-state index contributed by atoms with van der Waals surface area (Å²) in [6.07, 6.45) is -7.37. The largest absolute Gasteiger partial charge is 0.418 e. The van der Waals surface area contributed by atoms with Gasteiger partial charge in [-0.1, -0.05) is 42.5 Å². The van der Waals surface area contributed by atoms with E-state index in [1.165, 1.54) is 24.3 Å². The Morgan fingerprint density at radius 3 is 2.23 bits per heavy atom. The molecule has 1 aliphatic rings. The lowest BCUT2D eigenvalue weighted by atomic mass is 9.98. The Morgan fingerprint density at radius 1 is 0.967 bits per heavy atom. The lowest BCUT2D eigenvalue weighted by Crippen LogP contribution is -2.20. The highest BCUT2D eigenvalue weighted by atomic mass is 19.4.